The van der Waals surface area contributed by atoms with Crippen molar-refractivity contribution in [2.24, 2.45) is 15.0 Å². The molecule has 0 amide bonds. The number of hydrogen-bond acceptors (Lipinski definition) is 12. The first-order chi connectivity index (χ1) is 30.8. The van der Waals surface area contributed by atoms with Crippen LogP contribution in [-0.4, -0.2) is 60.9 Å². The zero-order valence-corrected chi connectivity index (χ0v) is 42.3. The largest absolute Gasteiger partial charge is 2.00 e. The molecule has 17 heteroatoms. The van der Waals surface area contributed by atoms with Gasteiger partial charge in [0.05, 0.1) is 5.34 Å². The Balaban J connectivity index is 0.000000911. The van der Waals surface area contributed by atoms with E-state index in [1.807, 2.05) is 91.0 Å². The summed E-state index contributed by atoms with van der Waals surface area (Å²) in [5.74, 6) is 2.26. The van der Waals surface area contributed by atoms with E-state index in [2.05, 4.69) is 15.0 Å². The van der Waals surface area contributed by atoms with E-state index in [-0.39, 0.29) is 72.1 Å². The minimum absolute atomic E-state index is 0. The van der Waals surface area contributed by atoms with Gasteiger partial charge in [-0.2, -0.15) is 17.3 Å². The molecular formula is C49H47Cl2N3Ni3O6S3. The van der Waals surface area contributed by atoms with Crippen LogP contribution in [0.15, 0.2) is 161 Å². The molecule has 0 saturated heterocycles. The van der Waals surface area contributed by atoms with Gasteiger partial charge in [-0.1, -0.05) is 145 Å². The molecule has 0 spiro atoms. The quantitative estimate of drug-likeness (QED) is 0.0361. The van der Waals surface area contributed by atoms with Crippen LogP contribution in [0.1, 0.15) is 33.4 Å². The number of ether oxygens (including phenoxy) is 3. The van der Waals surface area contributed by atoms with Crippen molar-refractivity contribution in [1.82, 2.24) is 0 Å². The van der Waals surface area contributed by atoms with Gasteiger partial charge in [-0.05, 0) is 51.6 Å². The number of para-hydroxylation sites is 3. The maximum atomic E-state index is 12.1. The number of aliphatic imine (C=N–C) groups is 3. The number of hydrogen-bond donors (Lipinski definition) is 0. The van der Waals surface area contributed by atoms with E-state index in [0.717, 1.165) is 16.7 Å². The van der Waals surface area contributed by atoms with Crippen molar-refractivity contribution in [2.75, 3.05) is 42.2 Å². The van der Waals surface area contributed by atoms with Crippen molar-refractivity contribution in [3.63, 3.8) is 0 Å². The summed E-state index contributed by atoms with van der Waals surface area (Å²) in [6.45, 7) is 2.77. The van der Waals surface area contributed by atoms with Crippen LogP contribution in [0, 0.1) is 0 Å². The number of rotatable bonds is 18. The smallest absolute Gasteiger partial charge is 0.870 e. The van der Waals surface area contributed by atoms with Gasteiger partial charge in [-0.15, -0.1) is 23.2 Å². The fraction of sp³-hybridized carbons (Fsp3) is 0.204. The Hall–Kier alpha value is -3.76. The van der Waals surface area contributed by atoms with E-state index in [1.54, 1.807) is 73.2 Å². The number of nitrogens with zero attached hydrogens (tertiary/aromatic N) is 3. The Kier molecular flexibility index (Phi) is 37.0. The van der Waals surface area contributed by atoms with Crippen molar-refractivity contribution in [2.45, 2.75) is 19.8 Å². The average molecular weight is 1120 g/mol. The Morgan fingerprint density at radius 3 is 0.864 bits per heavy atom. The molecule has 0 N–H and O–H groups in total. The maximum Gasteiger partial charge on any atom is 2.00 e. The average Bonchev–Trinajstić information content (AvgIpc) is 3.31. The first-order valence-corrected chi connectivity index (χ1v) is 22.4. The van der Waals surface area contributed by atoms with Crippen LogP contribution in [0.25, 0.3) is 0 Å². The molecule has 0 aliphatic heterocycles. The summed E-state index contributed by atoms with van der Waals surface area (Å²) < 4.78 is 16.7. The van der Waals surface area contributed by atoms with Gasteiger partial charge in [0.15, 0.2) is 0 Å². The number of alkyl halides is 2. The Labute approximate surface area is 445 Å². The van der Waals surface area contributed by atoms with E-state index in [0.29, 0.717) is 90.7 Å². The van der Waals surface area contributed by atoms with Crippen molar-refractivity contribution >= 4 is 79.7 Å². The van der Waals surface area contributed by atoms with Crippen LogP contribution in [0.2, 0.25) is 0 Å². The first-order valence-electron chi connectivity index (χ1n) is 19.6. The Bertz CT molecular complexity index is 2010. The molecular weight excluding hydrogens is 1070 g/mol. The fourth-order valence-corrected chi connectivity index (χ4v) is 5.41. The Morgan fingerprint density at radius 1 is 0.394 bits per heavy atom. The normalized spacial score (nSPS) is 10.1. The van der Waals surface area contributed by atoms with Crippen LogP contribution in [0.3, 0.4) is 0 Å². The van der Waals surface area contributed by atoms with Gasteiger partial charge in [0.2, 0.25) is 0 Å². The van der Waals surface area contributed by atoms with Crippen molar-refractivity contribution in [3.05, 3.63) is 179 Å². The van der Waals surface area contributed by atoms with E-state index in [9.17, 15) is 15.3 Å². The predicted octanol–water partition coefficient (Wildman–Crippen LogP) is 8.33. The summed E-state index contributed by atoms with van der Waals surface area (Å²) >= 11 is 23.9. The SMILES string of the molecule is ClCCl.[Ni+2].[Ni+2].[Ni+2].[O-]c1c(C=NCC[S-])cccc1OCc1ccccc1.[O-]c1c(C=NCC[S-])cccc1OCc1ccccc1.[O-]c1c(C=NCC[S-])cccc1OCc1ccccc1. The van der Waals surface area contributed by atoms with Gasteiger partial charge < -0.3 is 67.4 Å². The third-order valence-corrected chi connectivity index (χ3v) is 8.64. The summed E-state index contributed by atoms with van der Waals surface area (Å²) in [4.78, 5) is 12.3. The minimum atomic E-state index is -0.142. The van der Waals surface area contributed by atoms with Crippen LogP contribution in [0.5, 0.6) is 34.5 Å². The van der Waals surface area contributed by atoms with Crippen LogP contribution >= 0.6 is 23.2 Å². The molecule has 0 radical (unpaired) electrons. The molecule has 0 fully saturated rings. The standard InChI is InChI=1S/3C16H17NO2S.CH2Cl2.3Ni/c3*18-16-14(11-17-9-10-20)7-4-8-15(16)19-12-13-5-2-1-3-6-13;2-1-3;;;/h3*1-8,11,18,20H,9-10,12H2;1H2;;;/q;;;;3*+2/p-6. The zero-order valence-electron chi connectivity index (χ0n) is 35.4. The second kappa shape index (κ2) is 39.3. The molecule has 356 valence electrons. The molecule has 0 aliphatic rings. The number of halogens is 2. The second-order valence-electron chi connectivity index (χ2n) is 12.7. The molecule has 0 aromatic heterocycles. The monoisotopic (exact) mass is 1110 g/mol. The van der Waals surface area contributed by atoms with Gasteiger partial charge in [0.25, 0.3) is 0 Å². The minimum Gasteiger partial charge on any atom is -0.870 e. The molecule has 6 aromatic carbocycles. The molecule has 9 nitrogen and oxygen atoms in total. The predicted molar refractivity (Wildman–Crippen MR) is 261 cm³/mol. The first kappa shape index (κ1) is 62.2. The molecule has 0 heterocycles. The van der Waals surface area contributed by atoms with Crippen molar-refractivity contribution < 1.29 is 79.0 Å². The molecule has 6 rings (SSSR count). The number of benzene rings is 6. The van der Waals surface area contributed by atoms with Gasteiger partial charge in [-0.3, -0.25) is 15.0 Å². The topological polar surface area (TPSA) is 134 Å². The van der Waals surface area contributed by atoms with E-state index in [1.165, 1.54) is 0 Å². The van der Waals surface area contributed by atoms with E-state index in [4.69, 9.17) is 75.3 Å². The summed E-state index contributed by atoms with van der Waals surface area (Å²) in [7, 11) is 0. The summed E-state index contributed by atoms with van der Waals surface area (Å²) in [6, 6.07) is 44.8. The Morgan fingerprint density at radius 2 is 0.636 bits per heavy atom. The zero-order chi connectivity index (χ0) is 45.3. The van der Waals surface area contributed by atoms with Crippen LogP contribution in [-0.2, 0) is 107 Å². The van der Waals surface area contributed by atoms with Gasteiger partial charge in [0, 0.05) is 38.3 Å². The third-order valence-electron chi connectivity index (χ3n) is 8.09. The van der Waals surface area contributed by atoms with Gasteiger partial charge >= 0.3 is 49.5 Å². The van der Waals surface area contributed by atoms with E-state index < -0.39 is 0 Å². The van der Waals surface area contributed by atoms with E-state index >= 15 is 0 Å². The fourth-order valence-electron chi connectivity index (χ4n) is 5.10. The summed E-state index contributed by atoms with van der Waals surface area (Å²) in [6.07, 6.45) is 4.68. The summed E-state index contributed by atoms with van der Waals surface area (Å²) in [5.41, 5.74) is 4.66. The van der Waals surface area contributed by atoms with Crippen molar-refractivity contribution in [1.29, 1.82) is 0 Å². The van der Waals surface area contributed by atoms with Crippen LogP contribution < -0.4 is 29.5 Å². The molecule has 0 bridgehead atoms. The van der Waals surface area contributed by atoms with Gasteiger partial charge in [0.1, 0.15) is 37.1 Å². The second-order valence-corrected chi connectivity index (χ2v) is 14.7. The van der Waals surface area contributed by atoms with Gasteiger partial charge in [-0.25, -0.2) is 0 Å². The molecule has 66 heavy (non-hydrogen) atoms. The molecule has 0 aliphatic carbocycles. The summed E-state index contributed by atoms with van der Waals surface area (Å²) in [5, 5.41) is 36.6. The third kappa shape index (κ3) is 24.8. The van der Waals surface area contributed by atoms with Crippen molar-refractivity contribution in [3.8, 4) is 34.5 Å². The molecule has 0 atom stereocenters. The maximum absolute atomic E-state index is 12.1. The molecule has 0 saturated carbocycles. The van der Waals surface area contributed by atoms with Crippen LogP contribution in [0.4, 0.5) is 0 Å². The molecule has 0 unspecified atom stereocenters. The molecule has 6 aromatic rings.